The van der Waals surface area contributed by atoms with Gasteiger partial charge in [0.25, 0.3) is 0 Å². The van der Waals surface area contributed by atoms with Gasteiger partial charge < -0.3 is 10.6 Å². The van der Waals surface area contributed by atoms with Crippen molar-refractivity contribution in [1.82, 2.24) is 15.6 Å². The van der Waals surface area contributed by atoms with Gasteiger partial charge in [0.15, 0.2) is 5.96 Å². The van der Waals surface area contributed by atoms with Crippen molar-refractivity contribution in [3.8, 4) is 0 Å². The summed E-state index contributed by atoms with van der Waals surface area (Å²) in [6, 6.07) is 6.07. The van der Waals surface area contributed by atoms with E-state index in [-0.39, 0.29) is 0 Å². The third-order valence-electron chi connectivity index (χ3n) is 5.09. The molecule has 2 saturated carbocycles. The molecule has 4 nitrogen and oxygen atoms in total. The van der Waals surface area contributed by atoms with E-state index in [1.807, 2.05) is 18.3 Å². The molecule has 1 heterocycles. The lowest BCUT2D eigenvalue weighted by Gasteiger charge is -2.41. The van der Waals surface area contributed by atoms with Crippen LogP contribution in [0.3, 0.4) is 0 Å². The fourth-order valence-corrected chi connectivity index (χ4v) is 3.46. The molecular formula is C18H28N4. The van der Waals surface area contributed by atoms with Crippen molar-refractivity contribution in [1.29, 1.82) is 0 Å². The second-order valence-electron chi connectivity index (χ2n) is 6.68. The van der Waals surface area contributed by atoms with E-state index < -0.39 is 0 Å². The number of guanidine groups is 1. The maximum Gasteiger partial charge on any atom is 0.191 e. The number of nitrogens with one attached hydrogen (secondary N) is 2. The van der Waals surface area contributed by atoms with Crippen LogP contribution in [0.25, 0.3) is 0 Å². The van der Waals surface area contributed by atoms with Gasteiger partial charge in [-0.2, -0.15) is 0 Å². The molecule has 2 aliphatic carbocycles. The number of hydrogen-bond donors (Lipinski definition) is 2. The number of nitrogens with zero attached hydrogens (tertiary/aromatic N) is 2. The van der Waals surface area contributed by atoms with Crippen LogP contribution in [0.15, 0.2) is 29.4 Å². The molecule has 0 saturated heterocycles. The first-order valence-electron chi connectivity index (χ1n) is 8.74. The normalized spacial score (nSPS) is 20.3. The van der Waals surface area contributed by atoms with Crippen LogP contribution in [0.2, 0.25) is 0 Å². The van der Waals surface area contributed by atoms with Crippen LogP contribution in [-0.2, 0) is 6.42 Å². The van der Waals surface area contributed by atoms with Gasteiger partial charge in [-0.3, -0.25) is 9.98 Å². The highest BCUT2D eigenvalue weighted by atomic mass is 15.2. The van der Waals surface area contributed by atoms with Crippen molar-refractivity contribution in [3.63, 3.8) is 0 Å². The van der Waals surface area contributed by atoms with Crippen molar-refractivity contribution >= 4 is 5.96 Å². The van der Waals surface area contributed by atoms with Gasteiger partial charge in [0.1, 0.15) is 0 Å². The van der Waals surface area contributed by atoms with E-state index in [0.29, 0.717) is 5.41 Å². The minimum Gasteiger partial charge on any atom is -0.357 e. The summed E-state index contributed by atoms with van der Waals surface area (Å²) in [6.45, 7) is 4.90. The Balaban J connectivity index is 1.49. The predicted molar refractivity (Wildman–Crippen MR) is 90.9 cm³/mol. The highest BCUT2D eigenvalue weighted by molar-refractivity contribution is 5.79. The average molecular weight is 300 g/mol. The van der Waals surface area contributed by atoms with Crippen molar-refractivity contribution < 1.29 is 0 Å². The molecule has 120 valence electrons. The fraction of sp³-hybridized carbons (Fsp3) is 0.667. The molecule has 0 aliphatic heterocycles. The van der Waals surface area contributed by atoms with Gasteiger partial charge in [-0.15, -0.1) is 0 Å². The first-order valence-corrected chi connectivity index (χ1v) is 8.74. The lowest BCUT2D eigenvalue weighted by atomic mass is 9.65. The van der Waals surface area contributed by atoms with Crippen LogP contribution in [0.4, 0.5) is 0 Å². The molecular weight excluding hydrogens is 272 g/mol. The molecule has 4 heteroatoms. The summed E-state index contributed by atoms with van der Waals surface area (Å²) in [5.74, 6) is 1.92. The van der Waals surface area contributed by atoms with E-state index >= 15 is 0 Å². The Morgan fingerprint density at radius 3 is 2.77 bits per heavy atom. The number of aromatic nitrogens is 1. The molecule has 0 bridgehead atoms. The number of aliphatic imine (C=N–C) groups is 1. The Bertz CT molecular complexity index is 489. The number of pyridine rings is 1. The third kappa shape index (κ3) is 3.79. The predicted octanol–water partition coefficient (Wildman–Crippen LogP) is 2.76. The molecule has 0 aromatic carbocycles. The molecule has 2 fully saturated rings. The van der Waals surface area contributed by atoms with Crippen molar-refractivity contribution in [2.24, 2.45) is 16.3 Å². The van der Waals surface area contributed by atoms with E-state index in [0.717, 1.165) is 43.6 Å². The minimum absolute atomic E-state index is 0.545. The van der Waals surface area contributed by atoms with Crippen molar-refractivity contribution in [2.75, 3.05) is 19.6 Å². The Labute approximate surface area is 133 Å². The van der Waals surface area contributed by atoms with Gasteiger partial charge in [0.2, 0.25) is 0 Å². The molecule has 3 rings (SSSR count). The molecule has 0 radical (unpaired) electrons. The SMILES string of the molecule is CCNC(=NCC1(C2CC2)CCC1)NCCc1ccccn1. The first kappa shape index (κ1) is 15.3. The maximum absolute atomic E-state index is 4.87. The van der Waals surface area contributed by atoms with E-state index in [9.17, 15) is 0 Å². The lowest BCUT2D eigenvalue weighted by Crippen LogP contribution is -2.41. The summed E-state index contributed by atoms with van der Waals surface area (Å²) in [6.07, 6.45) is 9.81. The highest BCUT2D eigenvalue weighted by Gasteiger charge is 2.48. The van der Waals surface area contributed by atoms with Crippen LogP contribution in [0, 0.1) is 11.3 Å². The van der Waals surface area contributed by atoms with Crippen LogP contribution in [-0.4, -0.2) is 30.6 Å². The zero-order valence-corrected chi connectivity index (χ0v) is 13.6. The maximum atomic E-state index is 4.87. The molecule has 1 aromatic heterocycles. The standard InChI is InChI=1S/C18H28N4/c1-2-19-17(21-13-9-16-6-3-4-12-20-16)22-14-18(10-5-11-18)15-7-8-15/h3-4,6,12,15H,2,5,7-11,13-14H2,1H3,(H2,19,21,22). The van der Waals surface area contributed by atoms with Gasteiger partial charge in [-0.05, 0) is 56.1 Å². The summed E-state index contributed by atoms with van der Waals surface area (Å²) in [7, 11) is 0. The number of hydrogen-bond acceptors (Lipinski definition) is 2. The monoisotopic (exact) mass is 300 g/mol. The first-order chi connectivity index (χ1) is 10.8. The Hall–Kier alpha value is -1.58. The summed E-state index contributed by atoms with van der Waals surface area (Å²) >= 11 is 0. The Morgan fingerprint density at radius 1 is 1.32 bits per heavy atom. The Morgan fingerprint density at radius 2 is 2.18 bits per heavy atom. The van der Waals surface area contributed by atoms with Gasteiger partial charge in [-0.25, -0.2) is 0 Å². The third-order valence-corrected chi connectivity index (χ3v) is 5.09. The summed E-state index contributed by atoms with van der Waals surface area (Å²) < 4.78 is 0. The van der Waals surface area contributed by atoms with Gasteiger partial charge in [0, 0.05) is 37.9 Å². The quantitative estimate of drug-likeness (QED) is 0.601. The largest absolute Gasteiger partial charge is 0.357 e. The number of rotatable bonds is 7. The van der Waals surface area contributed by atoms with E-state index in [4.69, 9.17) is 4.99 Å². The molecule has 1 aromatic rings. The van der Waals surface area contributed by atoms with Gasteiger partial charge >= 0.3 is 0 Å². The minimum atomic E-state index is 0.545. The molecule has 0 atom stereocenters. The zero-order valence-electron chi connectivity index (χ0n) is 13.6. The molecule has 0 amide bonds. The zero-order chi connectivity index (χ0) is 15.3. The summed E-state index contributed by atoms with van der Waals surface area (Å²) in [4.78, 5) is 9.23. The summed E-state index contributed by atoms with van der Waals surface area (Å²) in [5, 5.41) is 6.82. The van der Waals surface area contributed by atoms with Crippen LogP contribution < -0.4 is 10.6 Å². The topological polar surface area (TPSA) is 49.3 Å². The average Bonchev–Trinajstić information content (AvgIpc) is 3.32. The second kappa shape index (κ2) is 7.12. The smallest absolute Gasteiger partial charge is 0.191 e. The molecule has 0 spiro atoms. The second-order valence-corrected chi connectivity index (χ2v) is 6.68. The van der Waals surface area contributed by atoms with Crippen LogP contribution in [0.5, 0.6) is 0 Å². The molecule has 2 N–H and O–H groups in total. The lowest BCUT2D eigenvalue weighted by molar-refractivity contribution is 0.113. The molecule has 22 heavy (non-hydrogen) atoms. The van der Waals surface area contributed by atoms with Crippen molar-refractivity contribution in [3.05, 3.63) is 30.1 Å². The fourth-order valence-electron chi connectivity index (χ4n) is 3.46. The van der Waals surface area contributed by atoms with Crippen LogP contribution >= 0.6 is 0 Å². The summed E-state index contributed by atoms with van der Waals surface area (Å²) in [5.41, 5.74) is 1.67. The van der Waals surface area contributed by atoms with Crippen molar-refractivity contribution in [2.45, 2.75) is 45.4 Å². The van der Waals surface area contributed by atoms with E-state index in [1.54, 1.807) is 0 Å². The van der Waals surface area contributed by atoms with Crippen LogP contribution in [0.1, 0.15) is 44.7 Å². The molecule has 2 aliphatic rings. The van der Waals surface area contributed by atoms with E-state index in [2.05, 4.69) is 28.6 Å². The van der Waals surface area contributed by atoms with Gasteiger partial charge in [-0.1, -0.05) is 12.5 Å². The highest BCUT2D eigenvalue weighted by Crippen LogP contribution is 2.57. The molecule has 0 unspecified atom stereocenters. The Kier molecular flexibility index (Phi) is 4.96. The van der Waals surface area contributed by atoms with Gasteiger partial charge in [0.05, 0.1) is 0 Å². The van der Waals surface area contributed by atoms with E-state index in [1.165, 1.54) is 32.1 Å².